The van der Waals surface area contributed by atoms with E-state index >= 15 is 0 Å². The van der Waals surface area contributed by atoms with Crippen LogP contribution in [-0.2, 0) is 12.5 Å². The summed E-state index contributed by atoms with van der Waals surface area (Å²) in [6, 6.07) is 8.96. The van der Waals surface area contributed by atoms with Gasteiger partial charge in [-0.3, -0.25) is 10.00 Å². The molecule has 0 saturated heterocycles. The zero-order valence-corrected chi connectivity index (χ0v) is 18.0. The maximum absolute atomic E-state index is 12.5. The Morgan fingerprint density at radius 1 is 1.23 bits per heavy atom. The van der Waals surface area contributed by atoms with Crippen LogP contribution in [0.15, 0.2) is 40.9 Å². The van der Waals surface area contributed by atoms with Crippen LogP contribution in [0.1, 0.15) is 32.3 Å². The predicted molar refractivity (Wildman–Crippen MR) is 115 cm³/mol. The Morgan fingerprint density at radius 3 is 2.60 bits per heavy atom. The minimum atomic E-state index is -0.606. The Hall–Kier alpha value is -3.26. The fraction of sp³-hybridized carbons (Fsp3) is 0.364. The van der Waals surface area contributed by atoms with Crippen molar-refractivity contribution in [3.63, 3.8) is 0 Å². The van der Waals surface area contributed by atoms with Gasteiger partial charge in [0.05, 0.1) is 5.69 Å². The molecule has 3 aromatic rings. The number of carbonyl (C=O) groups is 1. The van der Waals surface area contributed by atoms with Gasteiger partial charge in [0.2, 0.25) is 0 Å². The number of ether oxygens (including phenoxy) is 2. The summed E-state index contributed by atoms with van der Waals surface area (Å²) < 4.78 is 18.7. The fourth-order valence-electron chi connectivity index (χ4n) is 2.92. The second-order valence-corrected chi connectivity index (χ2v) is 7.98. The van der Waals surface area contributed by atoms with E-state index in [1.54, 1.807) is 36.0 Å². The van der Waals surface area contributed by atoms with Gasteiger partial charge in [0.1, 0.15) is 23.9 Å². The smallest absolute Gasteiger partial charge is 0.417 e. The minimum Gasteiger partial charge on any atom is -0.492 e. The van der Waals surface area contributed by atoms with Gasteiger partial charge in [-0.25, -0.2) is 4.79 Å². The van der Waals surface area contributed by atoms with Crippen molar-refractivity contribution in [3.05, 3.63) is 48.0 Å². The van der Waals surface area contributed by atoms with Crippen LogP contribution in [0.2, 0.25) is 0 Å². The van der Waals surface area contributed by atoms with E-state index < -0.39 is 6.09 Å². The summed E-state index contributed by atoms with van der Waals surface area (Å²) in [4.78, 5) is 12.5. The summed E-state index contributed by atoms with van der Waals surface area (Å²) in [5.74, 6) is 2.36. The number of aromatic nitrogens is 2. The Kier molecular flexibility index (Phi) is 6.17. The van der Waals surface area contributed by atoms with E-state index in [-0.39, 0.29) is 5.41 Å². The Morgan fingerprint density at radius 2 is 2.00 bits per heavy atom. The van der Waals surface area contributed by atoms with E-state index in [0.717, 1.165) is 17.0 Å². The minimum absolute atomic E-state index is 0.180. The van der Waals surface area contributed by atoms with E-state index in [1.165, 1.54) is 0 Å². The third-order valence-corrected chi connectivity index (χ3v) is 4.51. The van der Waals surface area contributed by atoms with Crippen LogP contribution in [0.4, 0.5) is 10.5 Å². The number of furan rings is 1. The van der Waals surface area contributed by atoms with Crippen molar-refractivity contribution in [1.82, 2.24) is 9.78 Å². The van der Waals surface area contributed by atoms with Crippen LogP contribution in [0.25, 0.3) is 11.3 Å². The van der Waals surface area contributed by atoms with E-state index in [1.807, 2.05) is 40.0 Å². The van der Waals surface area contributed by atoms with Crippen molar-refractivity contribution in [1.29, 1.82) is 0 Å². The monoisotopic (exact) mass is 412 g/mol. The van der Waals surface area contributed by atoms with E-state index in [2.05, 4.69) is 10.4 Å². The average molecular weight is 412 g/mol. The second-order valence-electron chi connectivity index (χ2n) is 7.98. The lowest BCUT2D eigenvalue weighted by Gasteiger charge is -2.14. The van der Waals surface area contributed by atoms with Gasteiger partial charge in [-0.1, -0.05) is 20.8 Å². The van der Waals surface area contributed by atoms with Crippen LogP contribution in [-0.4, -0.2) is 29.0 Å². The van der Waals surface area contributed by atoms with Gasteiger partial charge in [0.15, 0.2) is 5.75 Å². The van der Waals surface area contributed by atoms with E-state index in [4.69, 9.17) is 19.6 Å². The Labute approximate surface area is 176 Å². The van der Waals surface area contributed by atoms with Gasteiger partial charge in [-0.05, 0) is 31.2 Å². The highest BCUT2D eigenvalue weighted by Gasteiger charge is 2.22. The first-order valence-electron chi connectivity index (χ1n) is 9.74. The van der Waals surface area contributed by atoms with Crippen molar-refractivity contribution in [2.45, 2.75) is 33.1 Å². The predicted octanol–water partition coefficient (Wildman–Crippen LogP) is 4.23. The van der Waals surface area contributed by atoms with Gasteiger partial charge in [-0.2, -0.15) is 5.10 Å². The maximum Gasteiger partial charge on any atom is 0.417 e. The molecule has 8 heteroatoms. The molecule has 160 valence electrons. The van der Waals surface area contributed by atoms with Crippen molar-refractivity contribution in [2.24, 2.45) is 12.8 Å². The molecule has 0 aliphatic heterocycles. The summed E-state index contributed by atoms with van der Waals surface area (Å²) in [6.45, 7) is 8.64. The van der Waals surface area contributed by atoms with E-state index in [0.29, 0.717) is 36.1 Å². The van der Waals surface area contributed by atoms with Crippen LogP contribution in [0, 0.1) is 6.92 Å². The number of aryl methyl sites for hydroxylation is 2. The quantitative estimate of drug-likeness (QED) is 0.628. The van der Waals surface area contributed by atoms with Crippen LogP contribution >= 0.6 is 0 Å². The molecular weight excluding hydrogens is 384 g/mol. The Balaban J connectivity index is 1.80. The molecule has 0 saturated carbocycles. The van der Waals surface area contributed by atoms with Gasteiger partial charge >= 0.3 is 6.09 Å². The highest BCUT2D eigenvalue weighted by atomic mass is 16.6. The van der Waals surface area contributed by atoms with Crippen LogP contribution < -0.4 is 20.5 Å². The molecule has 0 fully saturated rings. The largest absolute Gasteiger partial charge is 0.492 e. The maximum atomic E-state index is 12.5. The molecule has 0 aliphatic carbocycles. The van der Waals surface area contributed by atoms with Gasteiger partial charge < -0.3 is 19.6 Å². The molecular formula is C22H28N4O4. The number of benzene rings is 1. The number of hydrogen-bond donors (Lipinski definition) is 2. The van der Waals surface area contributed by atoms with Crippen LogP contribution in [0.3, 0.4) is 0 Å². The number of anilines is 1. The summed E-state index contributed by atoms with van der Waals surface area (Å²) >= 11 is 0. The molecule has 2 aromatic heterocycles. The second kappa shape index (κ2) is 8.62. The molecule has 0 spiro atoms. The molecule has 3 rings (SSSR count). The molecule has 3 N–H and O–H groups in total. The normalized spacial score (nSPS) is 11.4. The summed E-state index contributed by atoms with van der Waals surface area (Å²) in [7, 11) is 1.84. The highest BCUT2D eigenvalue weighted by Crippen LogP contribution is 2.33. The number of nitrogens with zero attached hydrogens (tertiary/aromatic N) is 2. The zero-order chi connectivity index (χ0) is 21.9. The molecule has 2 heterocycles. The molecule has 0 bridgehead atoms. The van der Waals surface area contributed by atoms with Crippen molar-refractivity contribution in [2.75, 3.05) is 18.5 Å². The average Bonchev–Trinajstić information content (AvgIpc) is 3.26. The third kappa shape index (κ3) is 4.83. The van der Waals surface area contributed by atoms with Gasteiger partial charge in [0, 0.05) is 42.5 Å². The molecule has 0 radical (unpaired) electrons. The summed E-state index contributed by atoms with van der Waals surface area (Å²) in [5, 5.41) is 6.96. The third-order valence-electron chi connectivity index (χ3n) is 4.51. The number of rotatable bonds is 6. The van der Waals surface area contributed by atoms with E-state index in [9.17, 15) is 4.79 Å². The van der Waals surface area contributed by atoms with Crippen molar-refractivity contribution < 1.29 is 18.7 Å². The molecule has 30 heavy (non-hydrogen) atoms. The standard InChI is InChI=1S/C22H28N4O4/c1-14-19(13-20(29-14)22(2,3)4)30-21(27)25-15-6-7-18(28-11-9-23)16(12-15)17-8-10-24-26(17)5/h6-8,10,12-13H,9,11,23H2,1-5H3,(H,25,27). The van der Waals surface area contributed by atoms with Gasteiger partial charge in [0.25, 0.3) is 0 Å². The van der Waals surface area contributed by atoms with Crippen LogP contribution in [0.5, 0.6) is 11.5 Å². The lowest BCUT2D eigenvalue weighted by atomic mass is 9.93. The number of carbonyl (C=O) groups excluding carboxylic acids is 1. The lowest BCUT2D eigenvalue weighted by molar-refractivity contribution is 0.214. The first kappa shape index (κ1) is 21.4. The van der Waals surface area contributed by atoms with Gasteiger partial charge in [-0.15, -0.1) is 0 Å². The molecule has 0 aliphatic rings. The zero-order valence-electron chi connectivity index (χ0n) is 18.0. The first-order chi connectivity index (χ1) is 14.2. The highest BCUT2D eigenvalue weighted by molar-refractivity contribution is 5.88. The number of nitrogens with one attached hydrogen (secondary N) is 1. The number of amides is 1. The number of hydrogen-bond acceptors (Lipinski definition) is 6. The molecule has 0 atom stereocenters. The molecule has 8 nitrogen and oxygen atoms in total. The van der Waals surface area contributed by atoms with Crippen molar-refractivity contribution >= 4 is 11.8 Å². The summed E-state index contributed by atoms with van der Waals surface area (Å²) in [6.07, 6.45) is 1.09. The number of nitrogens with two attached hydrogens (primary N) is 1. The first-order valence-corrected chi connectivity index (χ1v) is 9.74. The lowest BCUT2D eigenvalue weighted by Crippen LogP contribution is -2.17. The molecule has 1 aromatic carbocycles. The van der Waals surface area contributed by atoms with Crippen molar-refractivity contribution in [3.8, 4) is 22.8 Å². The fourth-order valence-corrected chi connectivity index (χ4v) is 2.92. The topological polar surface area (TPSA) is 105 Å². The Bertz CT molecular complexity index is 1030. The SMILES string of the molecule is Cc1oc(C(C)(C)C)cc1OC(=O)Nc1ccc(OCCN)c(-c2ccnn2C)c1. The summed E-state index contributed by atoms with van der Waals surface area (Å²) in [5.41, 5.74) is 7.58. The molecule has 0 unspecified atom stereocenters. The molecule has 1 amide bonds.